The lowest BCUT2D eigenvalue weighted by Gasteiger charge is -2.28. The van der Waals surface area contributed by atoms with Gasteiger partial charge in [-0.25, -0.2) is 18.9 Å². The molecule has 0 spiro atoms. The molecule has 1 fully saturated rings. The summed E-state index contributed by atoms with van der Waals surface area (Å²) in [6, 6.07) is 3.11. The van der Waals surface area contributed by atoms with Crippen molar-refractivity contribution in [3.8, 4) is 0 Å². The molecule has 3 heterocycles. The molecule has 236 valence electrons. The number of anilines is 1. The van der Waals surface area contributed by atoms with E-state index in [9.17, 15) is 49.6 Å². The van der Waals surface area contributed by atoms with Crippen molar-refractivity contribution in [1.29, 1.82) is 0 Å². The van der Waals surface area contributed by atoms with E-state index in [0.717, 1.165) is 42.5 Å². The molecule has 0 radical (unpaired) electrons. The summed E-state index contributed by atoms with van der Waals surface area (Å²) in [5.74, 6) is -16.9. The molecular formula is C23H19F8N8O4S+. The highest BCUT2D eigenvalue weighted by atomic mass is 32.2. The average molecular weight is 656 g/mol. The maximum Gasteiger partial charge on any atom is 0.460 e. The predicted molar refractivity (Wildman–Crippen MR) is 132 cm³/mol. The number of benzene rings is 1. The second-order valence-corrected chi connectivity index (χ2v) is 10.1. The Balaban J connectivity index is 1.62. The number of alkyl halides is 7. The molecule has 1 N–H and O–H groups in total. The van der Waals surface area contributed by atoms with E-state index in [-0.39, 0.29) is 50.9 Å². The summed E-state index contributed by atoms with van der Waals surface area (Å²) in [4.78, 5) is 47.0. The summed E-state index contributed by atoms with van der Waals surface area (Å²) in [6.07, 6.45) is -5.14. The average Bonchev–Trinajstić information content (AvgIpc) is 3.66. The van der Waals surface area contributed by atoms with Gasteiger partial charge in [0, 0.05) is 41.9 Å². The van der Waals surface area contributed by atoms with E-state index in [4.69, 9.17) is 0 Å². The Morgan fingerprint density at radius 1 is 1.09 bits per heavy atom. The number of amides is 2. The molecule has 1 saturated heterocycles. The van der Waals surface area contributed by atoms with Gasteiger partial charge in [0.2, 0.25) is 11.1 Å². The molecule has 2 aromatic heterocycles. The van der Waals surface area contributed by atoms with E-state index < -0.39 is 41.1 Å². The van der Waals surface area contributed by atoms with Gasteiger partial charge in [0.25, 0.3) is 10.8 Å². The lowest BCUT2D eigenvalue weighted by molar-refractivity contribution is -0.736. The van der Waals surface area contributed by atoms with Crippen LogP contribution in [-0.4, -0.2) is 79.1 Å². The number of hydrogen-bond donors (Lipinski definition) is 1. The van der Waals surface area contributed by atoms with E-state index >= 15 is 0 Å². The fraction of sp³-hybridized carbons (Fsp3) is 0.391. The molecular weight excluding hydrogens is 636 g/mol. The number of carbonyl (C=O) groups excluding carboxylic acids is 2. The van der Waals surface area contributed by atoms with Crippen LogP contribution in [0.3, 0.4) is 0 Å². The molecule has 21 heteroatoms. The molecule has 1 aliphatic heterocycles. The maximum absolute atomic E-state index is 14.6. The number of hydrogen-bond acceptors (Lipinski definition) is 9. The molecule has 4 rings (SSSR count). The van der Waals surface area contributed by atoms with Crippen molar-refractivity contribution < 1.29 is 54.5 Å². The summed E-state index contributed by atoms with van der Waals surface area (Å²) in [7, 11) is 1.01. The van der Waals surface area contributed by atoms with Crippen LogP contribution in [0.1, 0.15) is 28.8 Å². The monoisotopic (exact) mass is 655 g/mol. The summed E-state index contributed by atoms with van der Waals surface area (Å²) >= 11 is 0.745. The van der Waals surface area contributed by atoms with Crippen LogP contribution in [0, 0.1) is 10.7 Å². The number of rotatable bonds is 10. The largest absolute Gasteiger partial charge is 0.460 e. The molecule has 2 amide bonds. The molecule has 0 aliphatic carbocycles. The van der Waals surface area contributed by atoms with Crippen LogP contribution in [0.4, 0.5) is 46.6 Å². The van der Waals surface area contributed by atoms with Crippen molar-refractivity contribution in [3.05, 3.63) is 52.3 Å². The van der Waals surface area contributed by atoms with Gasteiger partial charge in [-0.1, -0.05) is 0 Å². The van der Waals surface area contributed by atoms with Crippen molar-refractivity contribution in [2.24, 2.45) is 0 Å². The maximum atomic E-state index is 14.6. The molecule has 0 unspecified atom stereocenters. The van der Waals surface area contributed by atoms with Crippen LogP contribution >= 0.6 is 11.8 Å². The molecule has 0 atom stereocenters. The summed E-state index contributed by atoms with van der Waals surface area (Å²) in [6.45, 7) is 0.884. The topological polar surface area (TPSA) is 135 Å². The second kappa shape index (κ2) is 12.3. The van der Waals surface area contributed by atoms with Crippen LogP contribution in [-0.2, 0) is 22.1 Å². The minimum absolute atomic E-state index is 0.000531. The van der Waals surface area contributed by atoms with E-state index in [1.165, 1.54) is 12.1 Å². The van der Waals surface area contributed by atoms with Crippen LogP contribution in [0.5, 0.6) is 0 Å². The smallest absolute Gasteiger partial charge is 0.341 e. The lowest BCUT2D eigenvalue weighted by Crippen LogP contribution is -2.50. The van der Waals surface area contributed by atoms with E-state index in [0.29, 0.717) is 13.1 Å². The van der Waals surface area contributed by atoms with Gasteiger partial charge in [-0.2, -0.15) is 30.7 Å². The van der Waals surface area contributed by atoms with Crippen molar-refractivity contribution in [2.45, 2.75) is 47.5 Å². The van der Waals surface area contributed by atoms with Gasteiger partial charge in [0.15, 0.2) is 18.7 Å². The van der Waals surface area contributed by atoms with Crippen LogP contribution < -0.4 is 5.32 Å². The van der Waals surface area contributed by atoms with Gasteiger partial charge in [-0.3, -0.25) is 9.59 Å². The first-order chi connectivity index (χ1) is 20.6. The first-order valence-electron chi connectivity index (χ1n) is 12.2. The van der Waals surface area contributed by atoms with Crippen molar-refractivity contribution in [3.63, 3.8) is 0 Å². The van der Waals surface area contributed by atoms with Gasteiger partial charge in [0.1, 0.15) is 6.54 Å². The molecule has 12 nitrogen and oxygen atoms in total. The van der Waals surface area contributed by atoms with E-state index in [1.54, 1.807) is 4.90 Å². The van der Waals surface area contributed by atoms with E-state index in [2.05, 4.69) is 25.3 Å². The molecule has 3 aromatic rings. The minimum atomic E-state index is -6.67. The third kappa shape index (κ3) is 6.40. The third-order valence-electron chi connectivity index (χ3n) is 6.21. The Kier molecular flexibility index (Phi) is 9.07. The zero-order valence-electron chi connectivity index (χ0n) is 22.1. The van der Waals surface area contributed by atoms with Crippen LogP contribution in [0.2, 0.25) is 0 Å². The first-order valence-corrected chi connectivity index (χ1v) is 13.1. The Hall–Kier alpha value is -4.43. The number of nitrogens with one attached hydrogen (secondary N) is 1. The quantitative estimate of drug-likeness (QED) is 0.248. The van der Waals surface area contributed by atoms with Crippen LogP contribution in [0.15, 0.2) is 40.5 Å². The highest BCUT2D eigenvalue weighted by Crippen LogP contribution is 2.51. The molecule has 0 saturated carbocycles. The molecule has 1 aromatic carbocycles. The number of likely N-dealkylation sites (tertiary alicyclic amines) is 1. The molecule has 44 heavy (non-hydrogen) atoms. The SMILES string of the molecule is CO[N+](=O)c1ccc(Sc2nnnn2CC(=O)N2CCCC2)c(C(=O)Nc2ncc(C(F)(F)C(F)(F)C(F)(F)F)cc2F)c1. The molecule has 0 bridgehead atoms. The van der Waals surface area contributed by atoms with Gasteiger partial charge < -0.3 is 10.2 Å². The Bertz CT molecular complexity index is 1580. The second-order valence-electron chi connectivity index (χ2n) is 9.08. The summed E-state index contributed by atoms with van der Waals surface area (Å²) in [5.41, 5.74) is -2.74. The third-order valence-corrected chi connectivity index (χ3v) is 7.27. The number of tetrazole rings is 1. The fourth-order valence-electron chi connectivity index (χ4n) is 3.90. The van der Waals surface area contributed by atoms with Crippen molar-refractivity contribution >= 4 is 35.1 Å². The van der Waals surface area contributed by atoms with Gasteiger partial charge in [-0.15, -0.1) is 5.10 Å². The summed E-state index contributed by atoms with van der Waals surface area (Å²) < 4.78 is 108. The number of aromatic nitrogens is 5. The number of carbonyl (C=O) groups is 2. The zero-order chi connectivity index (χ0) is 32.4. The highest BCUT2D eigenvalue weighted by molar-refractivity contribution is 7.99. The zero-order valence-corrected chi connectivity index (χ0v) is 22.9. The normalized spacial score (nSPS) is 14.1. The minimum Gasteiger partial charge on any atom is -0.341 e. The number of pyridine rings is 1. The first kappa shape index (κ1) is 32.5. The lowest BCUT2D eigenvalue weighted by atomic mass is 10.0. The Morgan fingerprint density at radius 2 is 1.77 bits per heavy atom. The van der Waals surface area contributed by atoms with Crippen molar-refractivity contribution in [1.82, 2.24) is 30.1 Å². The van der Waals surface area contributed by atoms with Crippen molar-refractivity contribution in [2.75, 3.05) is 25.5 Å². The van der Waals surface area contributed by atoms with Gasteiger partial charge in [-0.05, 0) is 47.2 Å². The molecule has 1 aliphatic rings. The fourth-order valence-corrected chi connectivity index (χ4v) is 4.78. The summed E-state index contributed by atoms with van der Waals surface area (Å²) in [5, 5.41) is 13.0. The Labute approximate surface area is 245 Å². The number of halogens is 8. The standard InChI is InChI=1S/C23H18F8N8O4S/c1-43-39(42)13-4-5-16(44-20-34-35-36-38(20)11-17(40)37-6-2-3-7-37)14(9-13)19(41)33-18-15(24)8-12(10-32-18)21(25,26)22(27,28)23(29,30)31/h4-5,8-10H,2-3,6-7,11H2,1H3/p+1. The Morgan fingerprint density at radius 3 is 2.39 bits per heavy atom. The van der Waals surface area contributed by atoms with Gasteiger partial charge >= 0.3 is 23.7 Å². The van der Waals surface area contributed by atoms with E-state index in [1.807, 2.05) is 5.32 Å². The number of nitrogens with zero attached hydrogens (tertiary/aromatic N) is 7. The highest BCUT2D eigenvalue weighted by Gasteiger charge is 2.73. The van der Waals surface area contributed by atoms with Gasteiger partial charge in [0.05, 0.1) is 10.5 Å². The predicted octanol–water partition coefficient (Wildman–Crippen LogP) is 4.49. The van der Waals surface area contributed by atoms with Crippen LogP contribution in [0.25, 0.3) is 0 Å².